The largest absolute Gasteiger partial charge is 0.352 e. The van der Waals surface area contributed by atoms with Gasteiger partial charge in [0.1, 0.15) is 0 Å². The van der Waals surface area contributed by atoms with Crippen LogP contribution >= 0.6 is 0 Å². The fourth-order valence-corrected chi connectivity index (χ4v) is 2.64. The number of hydrogen-bond acceptors (Lipinski definition) is 2. The van der Waals surface area contributed by atoms with Gasteiger partial charge in [0.15, 0.2) is 0 Å². The van der Waals surface area contributed by atoms with Crippen LogP contribution in [0.1, 0.15) is 23.1 Å². The Hall–Kier alpha value is -3.26. The van der Waals surface area contributed by atoms with Crippen molar-refractivity contribution in [1.29, 1.82) is 0 Å². The maximum absolute atomic E-state index is 12.7. The van der Waals surface area contributed by atoms with Gasteiger partial charge >= 0.3 is 6.03 Å². The number of nitrogens with two attached hydrogens (primary N) is 1. The highest BCUT2D eigenvalue weighted by Gasteiger charge is 2.20. The van der Waals surface area contributed by atoms with E-state index in [1.54, 1.807) is 4.90 Å². The molecule has 0 saturated carbocycles. The molecule has 5 heteroatoms. The van der Waals surface area contributed by atoms with Crippen LogP contribution in [0.5, 0.6) is 0 Å². The van der Waals surface area contributed by atoms with E-state index in [1.165, 1.54) is 0 Å². The number of benzene rings is 2. The predicted molar refractivity (Wildman–Crippen MR) is 92.3 cm³/mol. The molecule has 3 N–H and O–H groups in total. The van der Waals surface area contributed by atoms with Crippen LogP contribution in [0.3, 0.4) is 0 Å². The molecule has 0 aliphatic carbocycles. The highest BCUT2D eigenvalue weighted by atomic mass is 16.2. The van der Waals surface area contributed by atoms with E-state index in [1.807, 2.05) is 48.5 Å². The van der Waals surface area contributed by atoms with Crippen LogP contribution in [0.15, 0.2) is 48.5 Å². The van der Waals surface area contributed by atoms with Gasteiger partial charge < -0.3 is 16.0 Å². The second kappa shape index (κ2) is 6.88. The Kier molecular flexibility index (Phi) is 4.48. The summed E-state index contributed by atoms with van der Waals surface area (Å²) in [5.41, 5.74) is 8.55. The van der Waals surface area contributed by atoms with E-state index < -0.39 is 6.03 Å². The lowest BCUT2D eigenvalue weighted by Gasteiger charge is -2.26. The molecule has 0 atom stereocenters. The van der Waals surface area contributed by atoms with Crippen LogP contribution in [0, 0.1) is 11.8 Å². The summed E-state index contributed by atoms with van der Waals surface area (Å²) in [6.45, 7) is 0.650. The van der Waals surface area contributed by atoms with E-state index in [2.05, 4.69) is 17.2 Å². The molecule has 0 saturated heterocycles. The molecule has 120 valence electrons. The first-order chi connectivity index (χ1) is 11.6. The summed E-state index contributed by atoms with van der Waals surface area (Å²) in [6, 6.07) is 14.7. The number of nitrogens with one attached hydrogen (secondary N) is 1. The molecule has 0 aromatic heterocycles. The third-order valence-corrected chi connectivity index (χ3v) is 3.81. The highest BCUT2D eigenvalue weighted by Crippen LogP contribution is 2.25. The molecular formula is C19H17N3O2. The highest BCUT2D eigenvalue weighted by molar-refractivity contribution is 5.95. The van der Waals surface area contributed by atoms with Crippen molar-refractivity contribution in [2.45, 2.75) is 13.0 Å². The molecule has 0 bridgehead atoms. The summed E-state index contributed by atoms with van der Waals surface area (Å²) in [6.07, 6.45) is 0.173. The predicted octanol–water partition coefficient (Wildman–Crippen LogP) is 1.99. The van der Waals surface area contributed by atoms with E-state index in [4.69, 9.17) is 5.73 Å². The third-order valence-electron chi connectivity index (χ3n) is 3.81. The first-order valence-electron chi connectivity index (χ1n) is 7.68. The minimum absolute atomic E-state index is 0.0882. The van der Waals surface area contributed by atoms with Crippen LogP contribution in [-0.4, -0.2) is 18.5 Å². The van der Waals surface area contributed by atoms with Gasteiger partial charge in [-0.05, 0) is 23.8 Å². The van der Waals surface area contributed by atoms with Crippen LogP contribution in [-0.2, 0) is 11.3 Å². The van der Waals surface area contributed by atoms with Gasteiger partial charge in [0, 0.05) is 24.1 Å². The number of amides is 3. The molecule has 0 unspecified atom stereocenters. The van der Waals surface area contributed by atoms with Crippen molar-refractivity contribution in [2.24, 2.45) is 5.73 Å². The molecule has 0 spiro atoms. The summed E-state index contributed by atoms with van der Waals surface area (Å²) in [4.78, 5) is 25.2. The maximum Gasteiger partial charge on any atom is 0.312 e. The van der Waals surface area contributed by atoms with E-state index >= 15 is 0 Å². The van der Waals surface area contributed by atoms with E-state index in [0.717, 1.165) is 22.4 Å². The van der Waals surface area contributed by atoms with Crippen molar-refractivity contribution in [1.82, 2.24) is 5.32 Å². The third kappa shape index (κ3) is 3.39. The molecule has 0 radical (unpaired) electrons. The first-order valence-corrected chi connectivity index (χ1v) is 7.68. The topological polar surface area (TPSA) is 75.4 Å². The molecule has 1 aliphatic heterocycles. The smallest absolute Gasteiger partial charge is 0.312 e. The average Bonchev–Trinajstić information content (AvgIpc) is 2.56. The zero-order valence-corrected chi connectivity index (χ0v) is 13.1. The van der Waals surface area contributed by atoms with E-state index in [0.29, 0.717) is 6.54 Å². The van der Waals surface area contributed by atoms with Gasteiger partial charge in [0.25, 0.3) is 0 Å². The summed E-state index contributed by atoms with van der Waals surface area (Å²) in [5.74, 6) is 6.24. The van der Waals surface area contributed by atoms with Gasteiger partial charge in [0.05, 0.1) is 12.2 Å². The Balaban J connectivity index is 1.95. The van der Waals surface area contributed by atoms with Crippen molar-refractivity contribution in [3.63, 3.8) is 0 Å². The standard InChI is InChI=1S/C19H17N3O2/c20-19(24)21-12-11-18(23)22-13-16-7-2-1-5-14(16)9-10-15-6-3-4-8-17(15)22/h1-8H,11-13H2,(H3,20,21,24). The normalized spacial score (nSPS) is 11.9. The number of urea groups is 1. The number of para-hydroxylation sites is 1. The summed E-state index contributed by atoms with van der Waals surface area (Å²) in [7, 11) is 0. The van der Waals surface area contributed by atoms with Gasteiger partial charge in [0.2, 0.25) is 5.91 Å². The van der Waals surface area contributed by atoms with Crippen molar-refractivity contribution in [3.8, 4) is 11.8 Å². The van der Waals surface area contributed by atoms with Crippen molar-refractivity contribution in [2.75, 3.05) is 11.4 Å². The minimum Gasteiger partial charge on any atom is -0.352 e. The van der Waals surface area contributed by atoms with Gasteiger partial charge in [-0.3, -0.25) is 4.79 Å². The number of primary amides is 1. The van der Waals surface area contributed by atoms with Crippen LogP contribution in [0.4, 0.5) is 10.5 Å². The number of carbonyl (C=O) groups is 2. The van der Waals surface area contributed by atoms with Gasteiger partial charge in [-0.15, -0.1) is 0 Å². The lowest BCUT2D eigenvalue weighted by atomic mass is 10.0. The number of nitrogens with zero attached hydrogens (tertiary/aromatic N) is 1. The van der Waals surface area contributed by atoms with Crippen LogP contribution in [0.25, 0.3) is 0 Å². The number of hydrogen-bond donors (Lipinski definition) is 2. The maximum atomic E-state index is 12.7. The van der Waals surface area contributed by atoms with Crippen molar-refractivity contribution < 1.29 is 9.59 Å². The molecule has 24 heavy (non-hydrogen) atoms. The lowest BCUT2D eigenvalue weighted by Crippen LogP contribution is -2.36. The van der Waals surface area contributed by atoms with E-state index in [-0.39, 0.29) is 18.9 Å². The van der Waals surface area contributed by atoms with Crippen molar-refractivity contribution in [3.05, 3.63) is 65.2 Å². The van der Waals surface area contributed by atoms with Crippen LogP contribution in [0.2, 0.25) is 0 Å². The second-order valence-corrected chi connectivity index (χ2v) is 5.45. The fourth-order valence-electron chi connectivity index (χ4n) is 2.64. The quantitative estimate of drug-likeness (QED) is 0.849. The second-order valence-electron chi connectivity index (χ2n) is 5.45. The number of anilines is 1. The van der Waals surface area contributed by atoms with Crippen molar-refractivity contribution >= 4 is 17.6 Å². The Bertz CT molecular complexity index is 849. The minimum atomic E-state index is -0.632. The Labute approximate surface area is 140 Å². The zero-order valence-electron chi connectivity index (χ0n) is 13.1. The summed E-state index contributed by atoms with van der Waals surface area (Å²) < 4.78 is 0. The molecule has 2 aromatic carbocycles. The average molecular weight is 319 g/mol. The molecule has 3 rings (SSSR count). The molecule has 0 fully saturated rings. The Morgan fingerprint density at radius 1 is 1.04 bits per heavy atom. The first kappa shape index (κ1) is 15.6. The van der Waals surface area contributed by atoms with Crippen LogP contribution < -0.4 is 16.0 Å². The molecule has 5 nitrogen and oxygen atoms in total. The van der Waals surface area contributed by atoms with Gasteiger partial charge in [-0.25, -0.2) is 4.79 Å². The number of fused-ring (bicyclic) bond motifs is 2. The zero-order chi connectivity index (χ0) is 16.9. The number of carbonyl (C=O) groups excluding carboxylic acids is 2. The Morgan fingerprint density at radius 3 is 2.50 bits per heavy atom. The molecule has 1 aliphatic rings. The monoisotopic (exact) mass is 319 g/mol. The van der Waals surface area contributed by atoms with E-state index in [9.17, 15) is 9.59 Å². The SMILES string of the molecule is NC(=O)NCCC(=O)N1Cc2ccccc2C#Cc2ccccc21. The fraction of sp³-hybridized carbons (Fsp3) is 0.158. The lowest BCUT2D eigenvalue weighted by molar-refractivity contribution is -0.118. The molecular weight excluding hydrogens is 302 g/mol. The summed E-state index contributed by atoms with van der Waals surface area (Å²) in [5, 5.41) is 2.45. The molecule has 1 heterocycles. The molecule has 2 aromatic rings. The van der Waals surface area contributed by atoms with Gasteiger partial charge in [-0.2, -0.15) is 0 Å². The summed E-state index contributed by atoms with van der Waals surface area (Å²) >= 11 is 0. The van der Waals surface area contributed by atoms with Gasteiger partial charge in [-0.1, -0.05) is 42.2 Å². The Morgan fingerprint density at radius 2 is 1.71 bits per heavy atom. The number of rotatable bonds is 3. The molecule has 3 amide bonds.